The lowest BCUT2D eigenvalue weighted by molar-refractivity contribution is -0.149. The van der Waals surface area contributed by atoms with E-state index in [0.717, 1.165) is 12.0 Å². The molecule has 8 heteroatoms. The third-order valence-electron chi connectivity index (χ3n) is 6.95. The van der Waals surface area contributed by atoms with Gasteiger partial charge in [0, 0.05) is 32.3 Å². The Hall–Kier alpha value is -2.55. The monoisotopic (exact) mass is 470 g/mol. The average molecular weight is 471 g/mol. The highest BCUT2D eigenvalue weighted by Gasteiger charge is 2.49. The average Bonchev–Trinajstić information content (AvgIpc) is 2.82. The number of ether oxygens (including phenoxy) is 1. The van der Waals surface area contributed by atoms with Crippen LogP contribution in [-0.4, -0.2) is 68.7 Å². The molecule has 4 rings (SSSR count). The molecule has 0 bridgehead atoms. The summed E-state index contributed by atoms with van der Waals surface area (Å²) in [6.07, 6.45) is 1.72. The van der Waals surface area contributed by atoms with Gasteiger partial charge in [0.15, 0.2) is 5.78 Å². The fraction of sp³-hybridized carbons (Fsp3) is 0.440. The van der Waals surface area contributed by atoms with E-state index < -0.39 is 15.4 Å². The van der Waals surface area contributed by atoms with Gasteiger partial charge < -0.3 is 9.64 Å². The third-order valence-corrected chi connectivity index (χ3v) is 8.85. The molecule has 1 amide bonds. The van der Waals surface area contributed by atoms with Gasteiger partial charge in [0.1, 0.15) is 0 Å². The molecule has 0 aliphatic carbocycles. The maximum atomic E-state index is 13.8. The number of sulfonamides is 1. The van der Waals surface area contributed by atoms with Crippen molar-refractivity contribution in [2.75, 3.05) is 33.4 Å². The van der Waals surface area contributed by atoms with Crippen LogP contribution in [0.2, 0.25) is 0 Å². The summed E-state index contributed by atoms with van der Waals surface area (Å²) in [5.41, 5.74) is 0.526. The number of amides is 1. The molecule has 0 N–H and O–H groups in total. The zero-order chi connectivity index (χ0) is 23.6. The Morgan fingerprint density at radius 1 is 1.03 bits per heavy atom. The first-order valence-corrected chi connectivity index (χ1v) is 12.7. The molecule has 7 nitrogen and oxygen atoms in total. The van der Waals surface area contributed by atoms with Crippen LogP contribution in [0.4, 0.5) is 0 Å². The normalized spacial score (nSPS) is 20.8. The molecule has 33 heavy (non-hydrogen) atoms. The number of methoxy groups -OCH3 is 1. The van der Waals surface area contributed by atoms with Crippen molar-refractivity contribution in [1.29, 1.82) is 0 Å². The van der Waals surface area contributed by atoms with Crippen LogP contribution >= 0.6 is 0 Å². The van der Waals surface area contributed by atoms with Crippen LogP contribution in [0.1, 0.15) is 42.1 Å². The van der Waals surface area contributed by atoms with E-state index in [1.54, 1.807) is 19.2 Å². The number of carbonyl (C=O) groups is 2. The molecular weight excluding hydrogens is 440 g/mol. The van der Waals surface area contributed by atoms with E-state index in [2.05, 4.69) is 0 Å². The quantitative estimate of drug-likeness (QED) is 0.581. The molecule has 1 unspecified atom stereocenters. The number of carbonyl (C=O) groups excluding carboxylic acids is 2. The van der Waals surface area contributed by atoms with Crippen LogP contribution in [0.25, 0.3) is 0 Å². The van der Waals surface area contributed by atoms with Gasteiger partial charge in [-0.15, -0.1) is 0 Å². The molecule has 0 spiro atoms. The van der Waals surface area contributed by atoms with Crippen LogP contribution < -0.4 is 0 Å². The van der Waals surface area contributed by atoms with Crippen LogP contribution in [0, 0.1) is 0 Å². The number of nitrogens with zero attached hydrogens (tertiary/aromatic N) is 2. The van der Waals surface area contributed by atoms with Gasteiger partial charge in [-0.2, -0.15) is 4.31 Å². The molecule has 2 aromatic carbocycles. The Balaban J connectivity index is 1.60. The highest BCUT2D eigenvalue weighted by atomic mass is 32.2. The lowest BCUT2D eigenvalue weighted by Crippen LogP contribution is -2.61. The van der Waals surface area contributed by atoms with Crippen LogP contribution in [-0.2, 0) is 25.0 Å². The van der Waals surface area contributed by atoms with Crippen molar-refractivity contribution in [3.05, 3.63) is 65.7 Å². The van der Waals surface area contributed by atoms with E-state index in [4.69, 9.17) is 4.74 Å². The van der Waals surface area contributed by atoms with Gasteiger partial charge in [0.25, 0.3) is 0 Å². The van der Waals surface area contributed by atoms with E-state index in [0.29, 0.717) is 31.6 Å². The lowest BCUT2D eigenvalue weighted by Gasteiger charge is -2.49. The predicted molar refractivity (Wildman–Crippen MR) is 125 cm³/mol. The maximum absolute atomic E-state index is 13.8. The van der Waals surface area contributed by atoms with Gasteiger partial charge in [0.2, 0.25) is 15.9 Å². The van der Waals surface area contributed by atoms with E-state index >= 15 is 0 Å². The molecule has 176 valence electrons. The molecule has 0 aromatic heterocycles. The van der Waals surface area contributed by atoms with Crippen LogP contribution in [0.5, 0.6) is 0 Å². The van der Waals surface area contributed by atoms with Crippen molar-refractivity contribution in [2.24, 2.45) is 0 Å². The summed E-state index contributed by atoms with van der Waals surface area (Å²) in [6.45, 7) is 3.08. The Labute approximate surface area is 195 Å². The molecule has 2 aromatic rings. The number of likely N-dealkylation sites (tertiary alicyclic amines) is 1. The van der Waals surface area contributed by atoms with E-state index in [1.165, 1.54) is 23.4 Å². The number of ketones is 1. The summed E-state index contributed by atoms with van der Waals surface area (Å²) in [5.74, 6) is -0.128. The van der Waals surface area contributed by atoms with Crippen LogP contribution in [0.15, 0.2) is 59.5 Å². The van der Waals surface area contributed by atoms with Gasteiger partial charge in [-0.3, -0.25) is 9.59 Å². The Morgan fingerprint density at radius 3 is 2.30 bits per heavy atom. The molecule has 2 aliphatic rings. The van der Waals surface area contributed by atoms with Crippen molar-refractivity contribution < 1.29 is 22.7 Å². The summed E-state index contributed by atoms with van der Waals surface area (Å²) in [5, 5.41) is 0. The number of benzene rings is 2. The van der Waals surface area contributed by atoms with Crippen molar-refractivity contribution in [3.8, 4) is 0 Å². The Kier molecular flexibility index (Phi) is 6.70. The second kappa shape index (κ2) is 9.37. The van der Waals surface area contributed by atoms with Crippen molar-refractivity contribution >= 4 is 21.7 Å². The van der Waals surface area contributed by atoms with Crippen molar-refractivity contribution in [3.63, 3.8) is 0 Å². The van der Waals surface area contributed by atoms with E-state index in [1.807, 2.05) is 35.2 Å². The third kappa shape index (κ3) is 4.35. The van der Waals surface area contributed by atoms with Gasteiger partial charge in [-0.25, -0.2) is 8.42 Å². The van der Waals surface area contributed by atoms with Crippen molar-refractivity contribution in [2.45, 2.75) is 42.5 Å². The topological polar surface area (TPSA) is 84.0 Å². The maximum Gasteiger partial charge on any atom is 0.243 e. The van der Waals surface area contributed by atoms with E-state index in [9.17, 15) is 18.0 Å². The summed E-state index contributed by atoms with van der Waals surface area (Å²) in [6, 6.07) is 15.9. The summed E-state index contributed by atoms with van der Waals surface area (Å²) >= 11 is 0. The summed E-state index contributed by atoms with van der Waals surface area (Å²) in [7, 11) is -2.13. The summed E-state index contributed by atoms with van der Waals surface area (Å²) in [4.78, 5) is 27.5. The van der Waals surface area contributed by atoms with Gasteiger partial charge in [0.05, 0.1) is 23.0 Å². The highest BCUT2D eigenvalue weighted by Crippen LogP contribution is 2.40. The summed E-state index contributed by atoms with van der Waals surface area (Å²) < 4.78 is 33.4. The first-order valence-electron chi connectivity index (χ1n) is 11.3. The van der Waals surface area contributed by atoms with Crippen molar-refractivity contribution in [1.82, 2.24) is 9.21 Å². The Morgan fingerprint density at radius 2 is 1.73 bits per heavy atom. The Bertz CT molecular complexity index is 1120. The number of hydrogen-bond acceptors (Lipinski definition) is 5. The fourth-order valence-corrected chi connectivity index (χ4v) is 6.35. The van der Waals surface area contributed by atoms with Crippen LogP contribution in [0.3, 0.4) is 0 Å². The second-order valence-corrected chi connectivity index (χ2v) is 10.8. The number of hydrogen-bond donors (Lipinski definition) is 0. The number of rotatable bonds is 7. The molecule has 0 saturated carbocycles. The minimum atomic E-state index is -3.77. The molecule has 2 aliphatic heterocycles. The molecule has 0 radical (unpaired) electrons. The zero-order valence-corrected chi connectivity index (χ0v) is 19.9. The molecular formula is C25H30N2O5S. The molecule has 1 atom stereocenters. The molecule has 2 saturated heterocycles. The van der Waals surface area contributed by atoms with Gasteiger partial charge in [-0.05, 0) is 43.9 Å². The van der Waals surface area contributed by atoms with Gasteiger partial charge >= 0.3 is 0 Å². The highest BCUT2D eigenvalue weighted by molar-refractivity contribution is 7.89. The minimum Gasteiger partial charge on any atom is -0.383 e. The smallest absolute Gasteiger partial charge is 0.243 e. The second-order valence-electron chi connectivity index (χ2n) is 8.83. The predicted octanol–water partition coefficient (Wildman–Crippen LogP) is 2.86. The SMILES string of the molecule is COCC1CCN1C(=O)C1(c2ccccc2)CCN(S(=O)(=O)c2cccc(C(C)=O)c2)CC1. The zero-order valence-electron chi connectivity index (χ0n) is 19.1. The molecule has 2 fully saturated rings. The standard InChI is InChI=1S/C25H30N2O5S/c1-19(28)20-7-6-10-23(17-20)33(30,31)26-15-12-25(13-16-26,21-8-4-3-5-9-21)24(29)27-14-11-22(27)18-32-2/h3-10,17,22H,11-16,18H2,1-2H3. The molecule has 2 heterocycles. The fourth-order valence-electron chi connectivity index (χ4n) is 4.86. The number of Topliss-reactive ketones (excluding diaryl/α,β-unsaturated/α-hetero) is 1. The number of piperidine rings is 1. The van der Waals surface area contributed by atoms with Gasteiger partial charge in [-0.1, -0.05) is 42.5 Å². The largest absolute Gasteiger partial charge is 0.383 e. The van der Waals surface area contributed by atoms with E-state index in [-0.39, 0.29) is 35.7 Å². The lowest BCUT2D eigenvalue weighted by atomic mass is 9.71. The minimum absolute atomic E-state index is 0.0534. The first kappa shape index (κ1) is 23.6. The first-order chi connectivity index (χ1) is 15.8.